The van der Waals surface area contributed by atoms with Crippen LogP contribution >= 0.6 is 0 Å². The predicted molar refractivity (Wildman–Crippen MR) is 339 cm³/mol. The van der Waals surface area contributed by atoms with Crippen molar-refractivity contribution in [3.8, 4) is 0 Å². The van der Waals surface area contributed by atoms with E-state index >= 15 is 0 Å². The van der Waals surface area contributed by atoms with Gasteiger partial charge in [-0.25, -0.2) is 0 Å². The van der Waals surface area contributed by atoms with Crippen molar-refractivity contribution in [2.24, 2.45) is 0 Å². The molecule has 0 radical (unpaired) electrons. The number of allylic oxidation sites excluding steroid dienone is 20. The summed E-state index contributed by atoms with van der Waals surface area (Å²) in [7, 11) is 0. The smallest absolute Gasteiger partial charge is 0.306 e. The van der Waals surface area contributed by atoms with Crippen molar-refractivity contribution < 1.29 is 28.6 Å². The molecule has 0 aromatic carbocycles. The van der Waals surface area contributed by atoms with Crippen LogP contribution in [-0.2, 0) is 28.6 Å². The molecule has 0 N–H and O–H groups in total. The highest BCUT2D eigenvalue weighted by molar-refractivity contribution is 5.71. The van der Waals surface area contributed by atoms with Gasteiger partial charge in [0.1, 0.15) is 13.2 Å². The van der Waals surface area contributed by atoms with Crippen molar-refractivity contribution in [1.29, 1.82) is 0 Å². The van der Waals surface area contributed by atoms with Crippen molar-refractivity contribution >= 4 is 17.9 Å². The Labute approximate surface area is 482 Å². The minimum atomic E-state index is -0.787. The summed E-state index contributed by atoms with van der Waals surface area (Å²) in [5, 5.41) is 0. The van der Waals surface area contributed by atoms with Crippen LogP contribution in [0.2, 0.25) is 0 Å². The highest BCUT2D eigenvalue weighted by Crippen LogP contribution is 2.15. The largest absolute Gasteiger partial charge is 0.462 e. The zero-order chi connectivity index (χ0) is 56.4. The minimum absolute atomic E-state index is 0.0834. The number of carbonyl (C=O) groups is 3. The first kappa shape index (κ1) is 73.8. The van der Waals surface area contributed by atoms with Gasteiger partial charge in [0.15, 0.2) is 6.10 Å². The molecule has 0 aliphatic heterocycles. The standard InChI is InChI=1S/C72H120O6/c1-4-7-10-13-16-19-22-24-26-27-28-29-30-31-32-33-34-35-36-37-38-39-40-41-42-43-44-45-47-48-50-53-56-59-62-65-71(74)77-68-69(67-76-70(73)64-61-58-55-52-21-18-15-12-9-6-3)78-72(75)66-63-60-57-54-51-49-46-25-23-20-17-14-11-8-5-2/h7,10,16-17,19-20,24-26,28-29,31-32,34-35,37-38,40-41,46,69H,4-6,8-9,11-15,18,21-23,27,30,33,36,39,42-45,47-68H2,1-3H3/b10-7-,19-16-,20-17-,26-24-,29-28-,32-31-,35-34-,38-37-,41-40-,46-25-. The molecule has 6 nitrogen and oxygen atoms in total. The molecule has 0 aliphatic carbocycles. The van der Waals surface area contributed by atoms with Gasteiger partial charge >= 0.3 is 17.9 Å². The Balaban J connectivity index is 4.17. The third-order valence-corrected chi connectivity index (χ3v) is 13.7. The molecular formula is C72H120O6. The van der Waals surface area contributed by atoms with Crippen LogP contribution in [0.5, 0.6) is 0 Å². The van der Waals surface area contributed by atoms with Gasteiger partial charge in [0.05, 0.1) is 0 Å². The van der Waals surface area contributed by atoms with Gasteiger partial charge in [-0.2, -0.15) is 0 Å². The summed E-state index contributed by atoms with van der Waals surface area (Å²) in [4.78, 5) is 38.2. The number of ether oxygens (including phenoxy) is 3. The summed E-state index contributed by atoms with van der Waals surface area (Å²) in [5.41, 5.74) is 0. The van der Waals surface area contributed by atoms with Crippen LogP contribution in [0, 0.1) is 0 Å². The van der Waals surface area contributed by atoms with Crippen LogP contribution in [0.15, 0.2) is 122 Å². The number of rotatable bonds is 58. The first-order chi connectivity index (χ1) is 38.5. The Bertz CT molecular complexity index is 1620. The van der Waals surface area contributed by atoms with Crippen molar-refractivity contribution in [2.75, 3.05) is 13.2 Å². The number of unbranched alkanes of at least 4 members (excludes halogenated alkanes) is 27. The van der Waals surface area contributed by atoms with E-state index in [0.717, 1.165) is 135 Å². The van der Waals surface area contributed by atoms with E-state index in [1.807, 2.05) is 0 Å². The molecule has 0 rings (SSSR count). The Hall–Kier alpha value is -4.19. The molecule has 0 saturated heterocycles. The van der Waals surface area contributed by atoms with Gasteiger partial charge in [0, 0.05) is 19.3 Å². The minimum Gasteiger partial charge on any atom is -0.462 e. The molecule has 0 fully saturated rings. The first-order valence-electron chi connectivity index (χ1n) is 32.5. The molecule has 6 heteroatoms. The van der Waals surface area contributed by atoms with E-state index in [9.17, 15) is 14.4 Å². The van der Waals surface area contributed by atoms with Gasteiger partial charge in [0.25, 0.3) is 0 Å². The molecular weight excluding hydrogens is 961 g/mol. The Morgan fingerprint density at radius 1 is 0.269 bits per heavy atom. The van der Waals surface area contributed by atoms with Gasteiger partial charge in [-0.1, -0.05) is 284 Å². The van der Waals surface area contributed by atoms with E-state index < -0.39 is 6.10 Å². The lowest BCUT2D eigenvalue weighted by Gasteiger charge is -2.18. The SMILES string of the molecule is CC/C=C\C/C=C\C/C=C\C/C=C\C/C=C\C/C=C\C/C=C\C/C=C\CCCCCCCCCCCCC(=O)OCC(COC(=O)CCCCCCCCCCCC)OC(=O)CCCCCCC/C=C\C/C=C\CCCCC. The monoisotopic (exact) mass is 1080 g/mol. The van der Waals surface area contributed by atoms with E-state index in [2.05, 4.69) is 142 Å². The zero-order valence-electron chi connectivity index (χ0n) is 50.9. The Kier molecular flexibility index (Phi) is 61.8. The quantitative estimate of drug-likeness (QED) is 0.0261. The van der Waals surface area contributed by atoms with Crippen LogP contribution in [0.3, 0.4) is 0 Å². The number of esters is 3. The first-order valence-corrected chi connectivity index (χ1v) is 32.5. The van der Waals surface area contributed by atoms with Crippen molar-refractivity contribution in [3.05, 3.63) is 122 Å². The van der Waals surface area contributed by atoms with Crippen LogP contribution in [0.25, 0.3) is 0 Å². The summed E-state index contributed by atoms with van der Waals surface area (Å²) >= 11 is 0. The summed E-state index contributed by atoms with van der Waals surface area (Å²) in [6.07, 6.45) is 90.7. The van der Waals surface area contributed by atoms with Crippen LogP contribution in [-0.4, -0.2) is 37.2 Å². The van der Waals surface area contributed by atoms with Crippen molar-refractivity contribution in [3.63, 3.8) is 0 Å². The Morgan fingerprint density at radius 3 is 0.808 bits per heavy atom. The van der Waals surface area contributed by atoms with E-state index in [4.69, 9.17) is 14.2 Å². The van der Waals surface area contributed by atoms with Crippen LogP contribution in [0.1, 0.15) is 297 Å². The maximum atomic E-state index is 12.9. The van der Waals surface area contributed by atoms with Gasteiger partial charge in [-0.3, -0.25) is 14.4 Å². The van der Waals surface area contributed by atoms with Gasteiger partial charge in [-0.15, -0.1) is 0 Å². The fraction of sp³-hybridized carbons (Fsp3) is 0.681. The predicted octanol–water partition coefficient (Wildman–Crippen LogP) is 22.4. The molecule has 1 unspecified atom stereocenters. The number of hydrogen-bond donors (Lipinski definition) is 0. The lowest BCUT2D eigenvalue weighted by atomic mass is 10.1. The van der Waals surface area contributed by atoms with Gasteiger partial charge in [-0.05, 0) is 116 Å². The molecule has 0 bridgehead atoms. The Morgan fingerprint density at radius 2 is 0.500 bits per heavy atom. The second-order valence-corrected chi connectivity index (χ2v) is 21.3. The molecule has 0 spiro atoms. The topological polar surface area (TPSA) is 78.9 Å². The molecule has 78 heavy (non-hydrogen) atoms. The lowest BCUT2D eigenvalue weighted by molar-refractivity contribution is -0.167. The van der Waals surface area contributed by atoms with Crippen molar-refractivity contribution in [1.82, 2.24) is 0 Å². The molecule has 0 aromatic heterocycles. The maximum Gasteiger partial charge on any atom is 0.306 e. The second-order valence-electron chi connectivity index (χ2n) is 21.3. The van der Waals surface area contributed by atoms with E-state index in [1.54, 1.807) is 0 Å². The molecule has 444 valence electrons. The molecule has 0 saturated carbocycles. The number of hydrogen-bond acceptors (Lipinski definition) is 6. The highest BCUT2D eigenvalue weighted by atomic mass is 16.6. The zero-order valence-corrected chi connectivity index (χ0v) is 50.9. The summed E-state index contributed by atoms with van der Waals surface area (Å²) in [6.45, 7) is 6.48. The van der Waals surface area contributed by atoms with E-state index in [-0.39, 0.29) is 31.1 Å². The fourth-order valence-corrected chi connectivity index (χ4v) is 8.84. The van der Waals surface area contributed by atoms with Crippen LogP contribution in [0.4, 0.5) is 0 Å². The molecule has 1 atom stereocenters. The molecule has 0 heterocycles. The fourth-order valence-electron chi connectivity index (χ4n) is 8.84. The third-order valence-electron chi connectivity index (χ3n) is 13.7. The molecule has 0 amide bonds. The number of carbonyl (C=O) groups excluding carboxylic acids is 3. The lowest BCUT2D eigenvalue weighted by Crippen LogP contribution is -2.30. The van der Waals surface area contributed by atoms with Crippen molar-refractivity contribution in [2.45, 2.75) is 303 Å². The van der Waals surface area contributed by atoms with Crippen LogP contribution < -0.4 is 0 Å². The molecule has 0 aliphatic rings. The normalized spacial score (nSPS) is 12.9. The highest BCUT2D eigenvalue weighted by Gasteiger charge is 2.19. The maximum absolute atomic E-state index is 12.9. The second kappa shape index (κ2) is 65.3. The molecule has 0 aromatic rings. The van der Waals surface area contributed by atoms with E-state index in [1.165, 1.54) is 122 Å². The van der Waals surface area contributed by atoms with Gasteiger partial charge < -0.3 is 14.2 Å². The summed E-state index contributed by atoms with van der Waals surface area (Å²) in [6, 6.07) is 0. The van der Waals surface area contributed by atoms with Gasteiger partial charge in [0.2, 0.25) is 0 Å². The third kappa shape index (κ3) is 62.7. The summed E-state index contributed by atoms with van der Waals surface area (Å²) in [5.74, 6) is -0.899. The average molecular weight is 1080 g/mol. The average Bonchev–Trinajstić information content (AvgIpc) is 3.44. The summed E-state index contributed by atoms with van der Waals surface area (Å²) < 4.78 is 16.9. The van der Waals surface area contributed by atoms with E-state index in [0.29, 0.717) is 19.3 Å².